The van der Waals surface area contributed by atoms with Crippen LogP contribution in [0.4, 0.5) is 0 Å². The normalized spacial score (nSPS) is 12.7. The Kier molecular flexibility index (Phi) is 8.03. The number of thiophene rings is 1. The third kappa shape index (κ3) is 6.49. The highest BCUT2D eigenvalue weighted by molar-refractivity contribution is 7.15. The van der Waals surface area contributed by atoms with Crippen LogP contribution in [0.5, 0.6) is 5.75 Å². The van der Waals surface area contributed by atoms with Crippen LogP contribution in [0.25, 0.3) is 21.6 Å². The molecule has 3 rings (SSSR count). The van der Waals surface area contributed by atoms with Crippen LogP contribution < -0.4 is 4.74 Å². The maximum absolute atomic E-state index is 11.9. The number of esters is 1. The van der Waals surface area contributed by atoms with E-state index in [1.807, 2.05) is 39.0 Å². The number of rotatable bonds is 11. The van der Waals surface area contributed by atoms with E-state index in [1.165, 1.54) is 10.4 Å². The van der Waals surface area contributed by atoms with Crippen molar-refractivity contribution in [2.45, 2.75) is 72.0 Å². The summed E-state index contributed by atoms with van der Waals surface area (Å²) < 4.78 is 17.9. The Morgan fingerprint density at radius 3 is 2.70 bits per heavy atom. The molecule has 1 unspecified atom stereocenters. The number of hydrogen-bond donors (Lipinski definition) is 1. The number of ether oxygens (including phenoxy) is 2. The fourth-order valence-electron chi connectivity index (χ4n) is 3.88. The van der Waals surface area contributed by atoms with Gasteiger partial charge in [-0.25, -0.2) is 4.79 Å². The lowest BCUT2D eigenvalue weighted by molar-refractivity contribution is -0.153. The molecule has 178 valence electrons. The molecule has 2 heterocycles. The van der Waals surface area contributed by atoms with E-state index < -0.39 is 11.6 Å². The van der Waals surface area contributed by atoms with Crippen molar-refractivity contribution in [1.82, 2.24) is 0 Å². The maximum atomic E-state index is 11.9. The second-order valence-corrected chi connectivity index (χ2v) is 10.3. The fourth-order valence-corrected chi connectivity index (χ4v) is 5.12. The summed E-state index contributed by atoms with van der Waals surface area (Å²) in [5.74, 6) is 1.18. The largest absolute Gasteiger partial charge is 0.490 e. The number of carbonyl (C=O) groups is 1. The van der Waals surface area contributed by atoms with E-state index in [2.05, 4.69) is 25.6 Å². The predicted molar refractivity (Wildman–Crippen MR) is 134 cm³/mol. The molecule has 0 radical (unpaired) electrons. The van der Waals surface area contributed by atoms with Crippen molar-refractivity contribution in [2.75, 3.05) is 6.61 Å². The number of hydrogen-bond acceptors (Lipinski definition) is 6. The second kappa shape index (κ2) is 10.6. The number of benzene rings is 1. The van der Waals surface area contributed by atoms with Crippen LogP contribution in [-0.4, -0.2) is 29.4 Å². The third-order valence-electron chi connectivity index (χ3n) is 5.37. The summed E-state index contributed by atoms with van der Waals surface area (Å²) in [6, 6.07) is 10.1. The summed E-state index contributed by atoms with van der Waals surface area (Å²) in [6.07, 6.45) is 2.95. The molecule has 33 heavy (non-hydrogen) atoms. The molecule has 1 aromatic carbocycles. The van der Waals surface area contributed by atoms with Gasteiger partial charge in [-0.1, -0.05) is 13.5 Å². The minimum Gasteiger partial charge on any atom is -0.490 e. The molecule has 0 saturated heterocycles. The van der Waals surface area contributed by atoms with E-state index in [0.29, 0.717) is 17.7 Å². The highest BCUT2D eigenvalue weighted by Gasteiger charge is 2.27. The first kappa shape index (κ1) is 25.1. The molecular weight excluding hydrogens is 436 g/mol. The van der Waals surface area contributed by atoms with Crippen LogP contribution in [-0.2, 0) is 22.4 Å². The van der Waals surface area contributed by atoms with Gasteiger partial charge < -0.3 is 19.0 Å². The van der Waals surface area contributed by atoms with Gasteiger partial charge >= 0.3 is 5.97 Å². The zero-order valence-electron chi connectivity index (χ0n) is 20.2. The second-order valence-electron chi connectivity index (χ2n) is 9.12. The lowest BCUT2D eigenvalue weighted by atomic mass is 10.0. The molecule has 0 spiro atoms. The molecule has 0 aliphatic rings. The van der Waals surface area contributed by atoms with Crippen molar-refractivity contribution in [1.29, 1.82) is 0 Å². The van der Waals surface area contributed by atoms with Crippen LogP contribution in [0.2, 0.25) is 0 Å². The van der Waals surface area contributed by atoms with Gasteiger partial charge in [-0.05, 0) is 76.8 Å². The third-order valence-corrected chi connectivity index (χ3v) is 6.62. The summed E-state index contributed by atoms with van der Waals surface area (Å²) in [4.78, 5) is 14.3. The Labute approximate surface area is 200 Å². The highest BCUT2D eigenvalue weighted by Crippen LogP contribution is 2.38. The SMILES string of the molecule is C=C(C)C(=O)OC(C)(C)CC(C)Oc1ccc2cc(-c3sc(CCCO)cc3CC)oc2c1. The van der Waals surface area contributed by atoms with Crippen molar-refractivity contribution in [3.05, 3.63) is 52.9 Å². The summed E-state index contributed by atoms with van der Waals surface area (Å²) in [5.41, 5.74) is 1.76. The predicted octanol–water partition coefficient (Wildman–Crippen LogP) is 6.70. The summed E-state index contributed by atoms with van der Waals surface area (Å²) >= 11 is 1.74. The van der Waals surface area contributed by atoms with Gasteiger partial charge in [-0.2, -0.15) is 0 Å². The van der Waals surface area contributed by atoms with Crippen molar-refractivity contribution >= 4 is 28.3 Å². The van der Waals surface area contributed by atoms with Gasteiger partial charge in [-0.3, -0.25) is 0 Å². The van der Waals surface area contributed by atoms with Crippen LogP contribution in [0, 0.1) is 0 Å². The van der Waals surface area contributed by atoms with E-state index >= 15 is 0 Å². The van der Waals surface area contributed by atoms with E-state index in [9.17, 15) is 4.79 Å². The van der Waals surface area contributed by atoms with Gasteiger partial charge in [0, 0.05) is 34.9 Å². The Morgan fingerprint density at radius 1 is 1.27 bits per heavy atom. The minimum atomic E-state index is -0.666. The molecule has 0 aliphatic heterocycles. The Balaban J connectivity index is 1.74. The number of carbonyl (C=O) groups excluding carboxylic acids is 1. The van der Waals surface area contributed by atoms with Crippen LogP contribution in [0.3, 0.4) is 0 Å². The number of aliphatic hydroxyl groups excluding tert-OH is 1. The van der Waals surface area contributed by atoms with Crippen LogP contribution >= 0.6 is 11.3 Å². The molecule has 0 aliphatic carbocycles. The lowest BCUT2D eigenvalue weighted by Gasteiger charge is -2.28. The molecule has 0 bridgehead atoms. The van der Waals surface area contributed by atoms with Crippen LogP contribution in [0.15, 0.2) is 46.9 Å². The average molecular weight is 471 g/mol. The highest BCUT2D eigenvalue weighted by atomic mass is 32.1. The molecule has 0 amide bonds. The maximum Gasteiger partial charge on any atom is 0.333 e. The topological polar surface area (TPSA) is 68.9 Å². The fraction of sp³-hybridized carbons (Fsp3) is 0.444. The van der Waals surface area contributed by atoms with Gasteiger partial charge in [0.05, 0.1) is 11.0 Å². The molecule has 3 aromatic rings. The Morgan fingerprint density at radius 2 is 2.03 bits per heavy atom. The quantitative estimate of drug-likeness (QED) is 0.249. The smallest absolute Gasteiger partial charge is 0.333 e. The van der Waals surface area contributed by atoms with Crippen molar-refractivity contribution in [3.8, 4) is 16.4 Å². The van der Waals surface area contributed by atoms with Crippen molar-refractivity contribution < 1.29 is 23.8 Å². The summed E-state index contributed by atoms with van der Waals surface area (Å²) in [7, 11) is 0. The lowest BCUT2D eigenvalue weighted by Crippen LogP contribution is -2.33. The van der Waals surface area contributed by atoms with Crippen molar-refractivity contribution in [2.24, 2.45) is 0 Å². The standard InChI is InChI=1S/C27H34O5S/c1-7-19-13-22(9-8-12-28)33-25(19)24-14-20-10-11-21(15-23(20)31-24)30-18(4)16-27(5,6)32-26(29)17(2)3/h10-11,13-15,18,28H,2,7-9,12,16H2,1,3-6H3. The minimum absolute atomic E-state index is 0.164. The summed E-state index contributed by atoms with van der Waals surface area (Å²) in [5, 5.41) is 10.2. The molecule has 6 heteroatoms. The molecule has 5 nitrogen and oxygen atoms in total. The molecular formula is C27H34O5S. The van der Waals surface area contributed by atoms with E-state index in [1.54, 1.807) is 18.3 Å². The molecule has 0 saturated carbocycles. The van der Waals surface area contributed by atoms with E-state index in [0.717, 1.165) is 40.9 Å². The van der Waals surface area contributed by atoms with Crippen LogP contribution in [0.1, 0.15) is 57.9 Å². The van der Waals surface area contributed by atoms with E-state index in [4.69, 9.17) is 19.0 Å². The number of aliphatic hydroxyl groups is 1. The molecule has 2 aromatic heterocycles. The van der Waals surface area contributed by atoms with Gasteiger partial charge in [-0.15, -0.1) is 11.3 Å². The molecule has 1 N–H and O–H groups in total. The monoisotopic (exact) mass is 470 g/mol. The van der Waals surface area contributed by atoms with Gasteiger partial charge in [0.25, 0.3) is 0 Å². The first-order chi connectivity index (χ1) is 15.6. The Hall–Kier alpha value is -2.57. The van der Waals surface area contributed by atoms with Gasteiger partial charge in [0.1, 0.15) is 22.7 Å². The van der Waals surface area contributed by atoms with Gasteiger partial charge in [0.15, 0.2) is 0 Å². The molecule has 1 atom stereocenters. The Bertz CT molecular complexity index is 1120. The molecule has 0 fully saturated rings. The number of aryl methyl sites for hydroxylation is 2. The zero-order valence-corrected chi connectivity index (χ0v) is 21.0. The van der Waals surface area contributed by atoms with Crippen molar-refractivity contribution in [3.63, 3.8) is 0 Å². The first-order valence-corrected chi connectivity index (χ1v) is 12.3. The van der Waals surface area contributed by atoms with E-state index in [-0.39, 0.29) is 12.7 Å². The number of furan rings is 1. The zero-order chi connectivity index (χ0) is 24.2. The van der Waals surface area contributed by atoms with Gasteiger partial charge in [0.2, 0.25) is 0 Å². The number of fused-ring (bicyclic) bond motifs is 1. The first-order valence-electron chi connectivity index (χ1n) is 11.4. The summed E-state index contributed by atoms with van der Waals surface area (Å²) in [6.45, 7) is 13.3. The average Bonchev–Trinajstić information content (AvgIpc) is 3.34.